The van der Waals surface area contributed by atoms with Crippen LogP contribution in [0.15, 0.2) is 23.1 Å². The van der Waals surface area contributed by atoms with Crippen molar-refractivity contribution >= 4 is 10.0 Å². The zero-order valence-corrected chi connectivity index (χ0v) is 14.6. The molecule has 1 aromatic carbocycles. The van der Waals surface area contributed by atoms with Gasteiger partial charge in [-0.15, -0.1) is 0 Å². The summed E-state index contributed by atoms with van der Waals surface area (Å²) in [6.45, 7) is 5.30. The van der Waals surface area contributed by atoms with Gasteiger partial charge in [0.05, 0.1) is 27.4 Å². The quantitative estimate of drug-likeness (QED) is 0.785. The van der Waals surface area contributed by atoms with Crippen LogP contribution in [0.4, 0.5) is 0 Å². The number of morpholine rings is 1. The molecule has 0 spiro atoms. The van der Waals surface area contributed by atoms with Crippen molar-refractivity contribution in [2.45, 2.75) is 17.9 Å². The molecule has 0 aliphatic carbocycles. The number of hydrogen-bond donors (Lipinski definition) is 1. The molecule has 1 aliphatic heterocycles. The summed E-state index contributed by atoms with van der Waals surface area (Å²) >= 11 is 0. The summed E-state index contributed by atoms with van der Waals surface area (Å²) in [5.74, 6) is 0.754. The van der Waals surface area contributed by atoms with Crippen molar-refractivity contribution < 1.29 is 22.6 Å². The van der Waals surface area contributed by atoms with E-state index >= 15 is 0 Å². The van der Waals surface area contributed by atoms with Gasteiger partial charge in [-0.25, -0.2) is 13.1 Å². The van der Waals surface area contributed by atoms with Crippen LogP contribution in [-0.4, -0.2) is 66.4 Å². The SMILES string of the molecule is COc1ccc(OC)c(S(=O)(=O)NC[C@@H](C)N2CCOCC2)c1. The third-order valence-corrected chi connectivity index (χ3v) is 5.34. The van der Waals surface area contributed by atoms with Gasteiger partial charge in [-0.3, -0.25) is 4.90 Å². The summed E-state index contributed by atoms with van der Waals surface area (Å²) in [6.07, 6.45) is 0. The van der Waals surface area contributed by atoms with Crippen LogP contribution in [0.25, 0.3) is 0 Å². The average molecular weight is 344 g/mol. The first-order valence-electron chi connectivity index (χ1n) is 7.51. The monoisotopic (exact) mass is 344 g/mol. The first kappa shape index (κ1) is 18.0. The lowest BCUT2D eigenvalue weighted by atomic mass is 10.2. The molecule has 1 N–H and O–H groups in total. The maximum atomic E-state index is 12.6. The van der Waals surface area contributed by atoms with Gasteiger partial charge in [0.2, 0.25) is 10.0 Å². The summed E-state index contributed by atoms with van der Waals surface area (Å²) in [5, 5.41) is 0. The fraction of sp³-hybridized carbons (Fsp3) is 0.600. The lowest BCUT2D eigenvalue weighted by molar-refractivity contribution is 0.0213. The van der Waals surface area contributed by atoms with Crippen LogP contribution in [0.2, 0.25) is 0 Å². The highest BCUT2D eigenvalue weighted by molar-refractivity contribution is 7.89. The zero-order chi connectivity index (χ0) is 16.9. The lowest BCUT2D eigenvalue weighted by Gasteiger charge is -2.32. The molecule has 23 heavy (non-hydrogen) atoms. The Labute approximate surface area is 137 Å². The van der Waals surface area contributed by atoms with Crippen molar-refractivity contribution in [3.63, 3.8) is 0 Å². The van der Waals surface area contributed by atoms with E-state index in [9.17, 15) is 8.42 Å². The third kappa shape index (κ3) is 4.57. The predicted octanol–water partition coefficient (Wildman–Crippen LogP) is 0.703. The second kappa shape index (κ2) is 7.96. The average Bonchev–Trinajstić information content (AvgIpc) is 2.59. The van der Waals surface area contributed by atoms with Crippen molar-refractivity contribution in [3.05, 3.63) is 18.2 Å². The molecule has 0 radical (unpaired) electrons. The molecule has 0 bridgehead atoms. The largest absolute Gasteiger partial charge is 0.497 e. The van der Waals surface area contributed by atoms with Crippen LogP contribution in [0.3, 0.4) is 0 Å². The first-order valence-corrected chi connectivity index (χ1v) is 8.99. The van der Waals surface area contributed by atoms with Crippen molar-refractivity contribution in [1.29, 1.82) is 0 Å². The normalized spacial score (nSPS) is 17.7. The summed E-state index contributed by atoms with van der Waals surface area (Å²) in [7, 11) is -0.748. The molecular formula is C15H24N2O5S. The highest BCUT2D eigenvalue weighted by atomic mass is 32.2. The molecule has 8 heteroatoms. The third-order valence-electron chi connectivity index (χ3n) is 3.90. The molecule has 7 nitrogen and oxygen atoms in total. The molecule has 130 valence electrons. The van der Waals surface area contributed by atoms with Gasteiger partial charge in [0.15, 0.2) is 0 Å². The second-order valence-electron chi connectivity index (χ2n) is 5.37. The minimum atomic E-state index is -3.68. The number of rotatable bonds is 7. The highest BCUT2D eigenvalue weighted by Crippen LogP contribution is 2.28. The maximum Gasteiger partial charge on any atom is 0.244 e. The Kier molecular flexibility index (Phi) is 6.23. The van der Waals surface area contributed by atoms with E-state index in [0.717, 1.165) is 13.1 Å². The van der Waals surface area contributed by atoms with Crippen LogP contribution in [0.1, 0.15) is 6.92 Å². The van der Waals surface area contributed by atoms with Crippen molar-refractivity contribution in [3.8, 4) is 11.5 Å². The molecule has 1 heterocycles. The van der Waals surface area contributed by atoms with E-state index in [0.29, 0.717) is 25.5 Å². The number of ether oxygens (including phenoxy) is 3. The van der Waals surface area contributed by atoms with Crippen molar-refractivity contribution in [2.24, 2.45) is 0 Å². The van der Waals surface area contributed by atoms with Gasteiger partial charge in [-0.2, -0.15) is 0 Å². The highest BCUT2D eigenvalue weighted by Gasteiger charge is 2.23. The van der Waals surface area contributed by atoms with Crippen LogP contribution in [-0.2, 0) is 14.8 Å². The number of hydrogen-bond acceptors (Lipinski definition) is 6. The van der Waals surface area contributed by atoms with E-state index < -0.39 is 10.0 Å². The fourth-order valence-electron chi connectivity index (χ4n) is 2.45. The van der Waals surface area contributed by atoms with Crippen LogP contribution in [0, 0.1) is 0 Å². The molecule has 0 aromatic heterocycles. The van der Waals surface area contributed by atoms with Crippen LogP contribution < -0.4 is 14.2 Å². The Morgan fingerprint density at radius 1 is 1.26 bits per heavy atom. The maximum absolute atomic E-state index is 12.6. The predicted molar refractivity (Wildman–Crippen MR) is 86.6 cm³/mol. The Morgan fingerprint density at radius 2 is 1.96 bits per heavy atom. The Balaban J connectivity index is 2.09. The van der Waals surface area contributed by atoms with E-state index in [1.54, 1.807) is 12.1 Å². The van der Waals surface area contributed by atoms with E-state index in [-0.39, 0.29) is 16.7 Å². The molecule has 1 saturated heterocycles. The lowest BCUT2D eigenvalue weighted by Crippen LogP contribution is -2.47. The number of benzene rings is 1. The zero-order valence-electron chi connectivity index (χ0n) is 13.7. The standard InChI is InChI=1S/C15H24N2O5S/c1-12(17-6-8-22-9-7-17)11-16-23(18,19)15-10-13(20-2)4-5-14(15)21-3/h4-5,10,12,16H,6-9,11H2,1-3H3/t12-/m1/s1. The van der Waals surface area contributed by atoms with Crippen molar-refractivity contribution in [1.82, 2.24) is 9.62 Å². The number of sulfonamides is 1. The van der Waals surface area contributed by atoms with E-state index in [4.69, 9.17) is 14.2 Å². The first-order chi connectivity index (χ1) is 11.0. The van der Waals surface area contributed by atoms with E-state index in [1.165, 1.54) is 20.3 Å². The molecule has 0 saturated carbocycles. The molecule has 0 unspecified atom stereocenters. The van der Waals surface area contributed by atoms with Crippen LogP contribution in [0.5, 0.6) is 11.5 Å². The smallest absolute Gasteiger partial charge is 0.244 e. The molecule has 2 rings (SSSR count). The molecule has 1 aliphatic rings. The fourth-order valence-corrected chi connectivity index (χ4v) is 3.75. The summed E-state index contributed by atoms with van der Waals surface area (Å²) in [6, 6.07) is 4.79. The Morgan fingerprint density at radius 3 is 2.57 bits per heavy atom. The van der Waals surface area contributed by atoms with Gasteiger partial charge in [0, 0.05) is 31.7 Å². The van der Waals surface area contributed by atoms with E-state index in [1.807, 2.05) is 6.92 Å². The minimum absolute atomic E-state index is 0.0773. The molecule has 0 amide bonds. The van der Waals surface area contributed by atoms with Gasteiger partial charge in [-0.1, -0.05) is 0 Å². The Bertz CT molecular complexity index is 614. The number of nitrogens with one attached hydrogen (secondary N) is 1. The molecule has 1 atom stereocenters. The van der Waals surface area contributed by atoms with Gasteiger partial charge in [-0.05, 0) is 19.1 Å². The number of nitrogens with zero attached hydrogens (tertiary/aromatic N) is 1. The van der Waals surface area contributed by atoms with Gasteiger partial charge in [0.1, 0.15) is 16.4 Å². The second-order valence-corrected chi connectivity index (χ2v) is 7.10. The summed E-state index contributed by atoms with van der Waals surface area (Å²) in [5.41, 5.74) is 0. The molecule has 1 fully saturated rings. The summed E-state index contributed by atoms with van der Waals surface area (Å²) in [4.78, 5) is 2.28. The van der Waals surface area contributed by atoms with Crippen LogP contribution >= 0.6 is 0 Å². The van der Waals surface area contributed by atoms with Crippen molar-refractivity contribution in [2.75, 3.05) is 47.1 Å². The van der Waals surface area contributed by atoms with E-state index in [2.05, 4.69) is 9.62 Å². The van der Waals surface area contributed by atoms with Gasteiger partial charge in [0.25, 0.3) is 0 Å². The summed E-state index contributed by atoms with van der Waals surface area (Å²) < 4.78 is 43.4. The Hall–Kier alpha value is -1.35. The number of methoxy groups -OCH3 is 2. The van der Waals surface area contributed by atoms with Gasteiger partial charge < -0.3 is 14.2 Å². The topological polar surface area (TPSA) is 77.1 Å². The molecule has 1 aromatic rings. The minimum Gasteiger partial charge on any atom is -0.497 e. The van der Waals surface area contributed by atoms with Gasteiger partial charge >= 0.3 is 0 Å². The molecular weight excluding hydrogens is 320 g/mol.